The summed E-state index contributed by atoms with van der Waals surface area (Å²) in [6.45, 7) is 3.69. The lowest BCUT2D eigenvalue weighted by Crippen LogP contribution is -2.22. The van der Waals surface area contributed by atoms with Crippen LogP contribution in [0, 0.1) is 0 Å². The fraction of sp³-hybridized carbons (Fsp3) is 0.250. The van der Waals surface area contributed by atoms with Crippen molar-refractivity contribution in [3.63, 3.8) is 0 Å². The predicted molar refractivity (Wildman–Crippen MR) is 126 cm³/mol. The Hall–Kier alpha value is -3.72. The molecule has 2 heterocycles. The van der Waals surface area contributed by atoms with E-state index in [0.29, 0.717) is 21.9 Å². The summed E-state index contributed by atoms with van der Waals surface area (Å²) in [6.07, 6.45) is 0.933. The number of para-hydroxylation sites is 2. The number of rotatable bonds is 8. The van der Waals surface area contributed by atoms with Gasteiger partial charge < -0.3 is 9.15 Å². The number of amides is 1. The normalized spacial score (nSPS) is 11.0. The smallest absolute Gasteiger partial charge is 0.419 e. The van der Waals surface area contributed by atoms with E-state index in [0.717, 1.165) is 12.1 Å². The molecular weight excluding hydrogens is 442 g/mol. The van der Waals surface area contributed by atoms with E-state index in [1.54, 1.807) is 29.6 Å². The van der Waals surface area contributed by atoms with Gasteiger partial charge in [-0.1, -0.05) is 31.2 Å². The summed E-state index contributed by atoms with van der Waals surface area (Å²) in [4.78, 5) is 42.5. The average molecular weight is 466 g/mol. The maximum absolute atomic E-state index is 12.3. The maximum atomic E-state index is 12.3. The molecule has 1 amide bonds. The van der Waals surface area contributed by atoms with Crippen LogP contribution >= 0.6 is 11.3 Å². The molecule has 9 heteroatoms. The van der Waals surface area contributed by atoms with Crippen molar-refractivity contribution in [2.75, 3.05) is 4.90 Å². The van der Waals surface area contributed by atoms with Gasteiger partial charge in [0, 0.05) is 18.8 Å². The van der Waals surface area contributed by atoms with Crippen molar-refractivity contribution in [3.05, 3.63) is 75.7 Å². The van der Waals surface area contributed by atoms with E-state index in [2.05, 4.69) is 11.9 Å². The Morgan fingerprint density at radius 1 is 1.15 bits per heavy atom. The number of carbonyl (C=O) groups excluding carboxylic acids is 2. The zero-order valence-corrected chi connectivity index (χ0v) is 19.1. The first kappa shape index (κ1) is 22.5. The van der Waals surface area contributed by atoms with Crippen LogP contribution < -0.4 is 10.7 Å². The van der Waals surface area contributed by atoms with Crippen molar-refractivity contribution in [1.82, 2.24) is 9.55 Å². The standard InChI is InChI=1S/C24H23N3O5S/c1-3-17-8-10-19(11-9-17)27(16(2)28)23-25-18(15-33-23)14-31-22(29)12-13-26-20-6-4-5-7-21(20)32-24(26)30/h4-11,15H,3,12-14H2,1-2H3. The highest BCUT2D eigenvalue weighted by Gasteiger charge is 2.18. The fourth-order valence-corrected chi connectivity index (χ4v) is 4.30. The summed E-state index contributed by atoms with van der Waals surface area (Å²) in [5, 5.41) is 2.27. The van der Waals surface area contributed by atoms with Crippen LogP contribution in [0.4, 0.5) is 10.8 Å². The Labute approximate surface area is 194 Å². The van der Waals surface area contributed by atoms with Gasteiger partial charge in [0.15, 0.2) is 10.7 Å². The molecular formula is C24H23N3O5S. The van der Waals surface area contributed by atoms with Crippen LogP contribution in [0.3, 0.4) is 0 Å². The lowest BCUT2D eigenvalue weighted by atomic mass is 10.1. The monoisotopic (exact) mass is 465 g/mol. The molecule has 0 bridgehead atoms. The number of thiazole rings is 1. The SMILES string of the molecule is CCc1ccc(N(C(C)=O)c2nc(COC(=O)CCn3c(=O)oc4ccccc43)cs2)cc1. The van der Waals surface area contributed by atoms with Crippen LogP contribution in [0.15, 0.2) is 63.1 Å². The van der Waals surface area contributed by atoms with Gasteiger partial charge in [-0.2, -0.15) is 0 Å². The van der Waals surface area contributed by atoms with Crippen molar-refractivity contribution in [2.45, 2.75) is 39.8 Å². The summed E-state index contributed by atoms with van der Waals surface area (Å²) in [6, 6.07) is 14.8. The first-order valence-corrected chi connectivity index (χ1v) is 11.4. The molecule has 0 atom stereocenters. The molecule has 4 aromatic rings. The molecule has 0 N–H and O–H groups in total. The minimum atomic E-state index is -0.510. The first-order chi connectivity index (χ1) is 16.0. The summed E-state index contributed by atoms with van der Waals surface area (Å²) in [7, 11) is 0. The summed E-state index contributed by atoms with van der Waals surface area (Å²) >= 11 is 1.30. The number of hydrogen-bond donors (Lipinski definition) is 0. The molecule has 0 aliphatic rings. The molecule has 33 heavy (non-hydrogen) atoms. The molecule has 0 fully saturated rings. The molecule has 8 nitrogen and oxygen atoms in total. The third-order valence-electron chi connectivity index (χ3n) is 5.14. The Balaban J connectivity index is 1.37. The molecule has 2 aromatic carbocycles. The molecule has 0 saturated carbocycles. The van der Waals surface area contributed by atoms with Gasteiger partial charge in [-0.05, 0) is 36.2 Å². The number of anilines is 2. The highest BCUT2D eigenvalue weighted by molar-refractivity contribution is 7.14. The molecule has 0 aliphatic carbocycles. The van der Waals surface area contributed by atoms with E-state index >= 15 is 0 Å². The van der Waals surface area contributed by atoms with Gasteiger partial charge >= 0.3 is 11.7 Å². The van der Waals surface area contributed by atoms with Crippen LogP contribution in [0.5, 0.6) is 0 Å². The van der Waals surface area contributed by atoms with E-state index in [4.69, 9.17) is 9.15 Å². The van der Waals surface area contributed by atoms with Crippen molar-refractivity contribution in [2.24, 2.45) is 0 Å². The second kappa shape index (κ2) is 9.83. The van der Waals surface area contributed by atoms with Crippen LogP contribution in [-0.2, 0) is 33.9 Å². The van der Waals surface area contributed by atoms with Crippen molar-refractivity contribution in [3.8, 4) is 0 Å². The zero-order valence-electron chi connectivity index (χ0n) is 18.3. The highest BCUT2D eigenvalue weighted by atomic mass is 32.1. The van der Waals surface area contributed by atoms with E-state index < -0.39 is 11.7 Å². The number of ether oxygens (including phenoxy) is 1. The molecule has 0 radical (unpaired) electrons. The van der Waals surface area contributed by atoms with Gasteiger partial charge in [0.2, 0.25) is 5.91 Å². The Kier molecular flexibility index (Phi) is 6.69. The number of carbonyl (C=O) groups is 2. The molecule has 0 saturated heterocycles. The number of aromatic nitrogens is 2. The number of fused-ring (bicyclic) bond motifs is 1. The molecule has 0 aliphatic heterocycles. The second-order valence-electron chi connectivity index (χ2n) is 7.39. The number of nitrogens with zero attached hydrogens (tertiary/aromatic N) is 3. The minimum Gasteiger partial charge on any atom is -0.459 e. The topological polar surface area (TPSA) is 94.6 Å². The van der Waals surface area contributed by atoms with E-state index in [1.165, 1.54) is 33.3 Å². The Bertz CT molecular complexity index is 1340. The van der Waals surface area contributed by atoms with E-state index in [-0.39, 0.29) is 25.5 Å². The lowest BCUT2D eigenvalue weighted by Gasteiger charge is -2.18. The maximum Gasteiger partial charge on any atom is 0.419 e. The van der Waals surface area contributed by atoms with Crippen molar-refractivity contribution in [1.29, 1.82) is 0 Å². The van der Waals surface area contributed by atoms with Gasteiger partial charge in [0.25, 0.3) is 0 Å². The Morgan fingerprint density at radius 2 is 1.91 bits per heavy atom. The van der Waals surface area contributed by atoms with Gasteiger partial charge in [0.05, 0.1) is 23.3 Å². The second-order valence-corrected chi connectivity index (χ2v) is 8.23. The van der Waals surface area contributed by atoms with Crippen LogP contribution in [0.2, 0.25) is 0 Å². The number of oxazole rings is 1. The molecule has 170 valence electrons. The number of benzene rings is 2. The molecule has 4 rings (SSSR count). The van der Waals surface area contributed by atoms with Gasteiger partial charge in [-0.25, -0.2) is 9.78 Å². The van der Waals surface area contributed by atoms with Crippen LogP contribution in [-0.4, -0.2) is 21.4 Å². The van der Waals surface area contributed by atoms with Crippen molar-refractivity contribution < 1.29 is 18.7 Å². The summed E-state index contributed by atoms with van der Waals surface area (Å²) in [5.74, 6) is -1.13. The fourth-order valence-electron chi connectivity index (χ4n) is 3.43. The van der Waals surface area contributed by atoms with E-state index in [1.807, 2.05) is 24.3 Å². The van der Waals surface area contributed by atoms with Crippen LogP contribution in [0.1, 0.15) is 31.5 Å². The van der Waals surface area contributed by atoms with E-state index in [9.17, 15) is 14.4 Å². The van der Waals surface area contributed by atoms with Crippen LogP contribution in [0.25, 0.3) is 11.1 Å². The number of hydrogen-bond acceptors (Lipinski definition) is 7. The number of aryl methyl sites for hydroxylation is 2. The molecule has 2 aromatic heterocycles. The number of esters is 1. The molecule has 0 spiro atoms. The summed E-state index contributed by atoms with van der Waals surface area (Å²) in [5.41, 5.74) is 3.57. The largest absolute Gasteiger partial charge is 0.459 e. The van der Waals surface area contributed by atoms with Gasteiger partial charge in [-0.3, -0.25) is 19.1 Å². The third-order valence-corrected chi connectivity index (χ3v) is 6.02. The quantitative estimate of drug-likeness (QED) is 0.357. The third kappa shape index (κ3) is 5.04. The average Bonchev–Trinajstić information content (AvgIpc) is 3.40. The van der Waals surface area contributed by atoms with Crippen molar-refractivity contribution >= 4 is 45.1 Å². The minimum absolute atomic E-state index is 0.0170. The molecule has 0 unspecified atom stereocenters. The Morgan fingerprint density at radius 3 is 2.64 bits per heavy atom. The predicted octanol–water partition coefficient (Wildman–Crippen LogP) is 4.43. The lowest BCUT2D eigenvalue weighted by molar-refractivity contribution is -0.145. The van der Waals surface area contributed by atoms with Gasteiger partial charge in [-0.15, -0.1) is 11.3 Å². The first-order valence-electron chi connectivity index (χ1n) is 10.5. The highest BCUT2D eigenvalue weighted by Crippen LogP contribution is 2.29. The zero-order chi connectivity index (χ0) is 23.4. The van der Waals surface area contributed by atoms with Gasteiger partial charge in [0.1, 0.15) is 6.61 Å². The summed E-state index contributed by atoms with van der Waals surface area (Å²) < 4.78 is 11.9.